The van der Waals surface area contributed by atoms with Gasteiger partial charge in [0.05, 0.1) is 18.2 Å². The summed E-state index contributed by atoms with van der Waals surface area (Å²) >= 11 is 0. The molecule has 1 spiro atoms. The zero-order valence-corrected chi connectivity index (χ0v) is 21.3. The molecule has 10 heteroatoms. The van der Waals surface area contributed by atoms with E-state index in [1.54, 1.807) is 24.1 Å². The van der Waals surface area contributed by atoms with E-state index in [9.17, 15) is 18.8 Å². The lowest BCUT2D eigenvalue weighted by Gasteiger charge is -2.41. The van der Waals surface area contributed by atoms with E-state index in [1.807, 2.05) is 4.90 Å². The predicted octanol–water partition coefficient (Wildman–Crippen LogP) is 0.987. The molecule has 3 amide bonds. The van der Waals surface area contributed by atoms with Gasteiger partial charge in [0.15, 0.2) is 0 Å². The van der Waals surface area contributed by atoms with Gasteiger partial charge in [0.2, 0.25) is 17.7 Å². The topological polar surface area (TPSA) is 89.1 Å². The van der Waals surface area contributed by atoms with Crippen LogP contribution in [-0.4, -0.2) is 106 Å². The maximum Gasteiger partial charge on any atom is 0.243 e. The van der Waals surface area contributed by atoms with Gasteiger partial charge >= 0.3 is 0 Å². The van der Waals surface area contributed by atoms with Crippen LogP contribution in [0.15, 0.2) is 18.5 Å². The van der Waals surface area contributed by atoms with Gasteiger partial charge in [0, 0.05) is 70.0 Å². The van der Waals surface area contributed by atoms with Gasteiger partial charge < -0.3 is 15.1 Å². The molecular weight excluding hydrogens is 463 g/mol. The van der Waals surface area contributed by atoms with Crippen LogP contribution in [-0.2, 0) is 20.9 Å². The van der Waals surface area contributed by atoms with Gasteiger partial charge in [-0.2, -0.15) is 0 Å². The normalized spacial score (nSPS) is 27.3. The molecule has 0 unspecified atom stereocenters. The Morgan fingerprint density at radius 2 is 1.92 bits per heavy atom. The molecule has 4 aliphatic rings. The van der Waals surface area contributed by atoms with Gasteiger partial charge in [-0.25, -0.2) is 4.39 Å². The van der Waals surface area contributed by atoms with Gasteiger partial charge in [-0.1, -0.05) is 0 Å². The molecule has 4 saturated heterocycles. The maximum absolute atomic E-state index is 14.0. The third kappa shape index (κ3) is 4.98. The Balaban J connectivity index is 1.18. The quantitative estimate of drug-likeness (QED) is 0.663. The highest BCUT2D eigenvalue weighted by atomic mass is 19.1. The van der Waals surface area contributed by atoms with Crippen molar-refractivity contribution in [3.8, 4) is 0 Å². The lowest BCUT2D eigenvalue weighted by Crippen LogP contribution is -2.56. The van der Waals surface area contributed by atoms with Crippen LogP contribution in [0.4, 0.5) is 4.39 Å². The number of rotatable bonds is 4. The van der Waals surface area contributed by atoms with E-state index < -0.39 is 11.6 Å². The molecule has 4 aliphatic heterocycles. The number of carbonyl (C=O) groups is 3. The number of likely N-dealkylation sites (tertiary alicyclic amines) is 2. The van der Waals surface area contributed by atoms with Crippen molar-refractivity contribution in [2.24, 2.45) is 0 Å². The summed E-state index contributed by atoms with van der Waals surface area (Å²) in [5, 5.41) is 3.27. The van der Waals surface area contributed by atoms with Gasteiger partial charge in [-0.05, 0) is 45.2 Å². The number of amides is 3. The number of likely N-dealkylation sites (N-methyl/N-ethyl adjacent to an activating group) is 1. The van der Waals surface area contributed by atoms with E-state index >= 15 is 0 Å². The average Bonchev–Trinajstić information content (AvgIpc) is 3.29. The number of halogens is 1. The van der Waals surface area contributed by atoms with E-state index in [4.69, 9.17) is 0 Å². The number of nitrogens with zero attached hydrogens (tertiary/aromatic N) is 5. The van der Waals surface area contributed by atoms with Crippen molar-refractivity contribution in [1.29, 1.82) is 0 Å². The van der Waals surface area contributed by atoms with Crippen molar-refractivity contribution in [2.45, 2.75) is 75.7 Å². The number of pyridine rings is 1. The van der Waals surface area contributed by atoms with Crippen LogP contribution < -0.4 is 5.32 Å². The number of fused-ring (bicyclic) bond motifs is 1. The van der Waals surface area contributed by atoms with Crippen molar-refractivity contribution >= 4 is 17.7 Å². The first-order chi connectivity index (χ1) is 17.2. The Bertz CT molecular complexity index is 977. The van der Waals surface area contributed by atoms with Crippen molar-refractivity contribution in [2.75, 3.05) is 39.8 Å². The van der Waals surface area contributed by atoms with Crippen LogP contribution in [0.25, 0.3) is 0 Å². The van der Waals surface area contributed by atoms with E-state index in [1.165, 1.54) is 6.20 Å². The van der Waals surface area contributed by atoms with E-state index in [2.05, 4.69) is 27.1 Å². The highest BCUT2D eigenvalue weighted by molar-refractivity contribution is 5.92. The molecule has 196 valence electrons. The first-order valence-electron chi connectivity index (χ1n) is 13.1. The first kappa shape index (κ1) is 25.1. The molecule has 0 aromatic carbocycles. The van der Waals surface area contributed by atoms with Gasteiger partial charge in [0.1, 0.15) is 11.9 Å². The Labute approximate surface area is 212 Å². The number of piperidine rings is 2. The maximum atomic E-state index is 14.0. The fraction of sp³-hybridized carbons (Fsp3) is 0.692. The van der Waals surface area contributed by atoms with Crippen LogP contribution in [0, 0.1) is 5.82 Å². The molecule has 1 aromatic rings. The minimum absolute atomic E-state index is 0.0447. The van der Waals surface area contributed by atoms with Crippen molar-refractivity contribution < 1.29 is 18.8 Å². The third-order valence-corrected chi connectivity index (χ3v) is 8.91. The minimum Gasteiger partial charge on any atom is -0.348 e. The summed E-state index contributed by atoms with van der Waals surface area (Å²) in [6, 6.07) is 1.77. The molecular formula is C26H37FN6O3. The zero-order valence-electron chi connectivity index (χ0n) is 21.3. The molecule has 0 radical (unpaired) electrons. The van der Waals surface area contributed by atoms with Crippen molar-refractivity contribution in [3.05, 3.63) is 29.8 Å². The smallest absolute Gasteiger partial charge is 0.243 e. The highest BCUT2D eigenvalue weighted by Crippen LogP contribution is 2.34. The van der Waals surface area contributed by atoms with Gasteiger partial charge in [-0.15, -0.1) is 0 Å². The van der Waals surface area contributed by atoms with Crippen LogP contribution >= 0.6 is 0 Å². The Hall–Kier alpha value is -2.59. The van der Waals surface area contributed by atoms with Crippen LogP contribution in [0.3, 0.4) is 0 Å². The molecule has 1 aromatic heterocycles. The fourth-order valence-corrected chi connectivity index (χ4v) is 6.51. The lowest BCUT2D eigenvalue weighted by atomic mass is 9.84. The number of nitrogens with one attached hydrogen (secondary N) is 1. The van der Waals surface area contributed by atoms with E-state index in [0.29, 0.717) is 63.5 Å². The second-order valence-corrected chi connectivity index (χ2v) is 11.0. The zero-order chi connectivity index (χ0) is 25.4. The van der Waals surface area contributed by atoms with Crippen molar-refractivity contribution in [3.63, 3.8) is 0 Å². The van der Waals surface area contributed by atoms with Crippen LogP contribution in [0.1, 0.15) is 51.0 Å². The Kier molecular flexibility index (Phi) is 7.00. The largest absolute Gasteiger partial charge is 0.348 e. The average molecular weight is 501 g/mol. The summed E-state index contributed by atoms with van der Waals surface area (Å²) < 4.78 is 14.0. The summed E-state index contributed by atoms with van der Waals surface area (Å²) in [6.07, 6.45) is 6.98. The molecule has 36 heavy (non-hydrogen) atoms. The molecule has 5 heterocycles. The van der Waals surface area contributed by atoms with Crippen LogP contribution in [0.2, 0.25) is 0 Å². The lowest BCUT2D eigenvalue weighted by molar-refractivity contribution is -0.136. The number of hydrogen-bond acceptors (Lipinski definition) is 6. The molecule has 2 atom stereocenters. The molecule has 0 aliphatic carbocycles. The second-order valence-electron chi connectivity index (χ2n) is 11.0. The molecule has 0 bridgehead atoms. The third-order valence-electron chi connectivity index (χ3n) is 8.91. The minimum atomic E-state index is -0.521. The van der Waals surface area contributed by atoms with E-state index in [-0.39, 0.29) is 29.6 Å². The summed E-state index contributed by atoms with van der Waals surface area (Å²) in [5.74, 6) is -0.178. The van der Waals surface area contributed by atoms with E-state index in [0.717, 1.165) is 25.9 Å². The van der Waals surface area contributed by atoms with Crippen LogP contribution in [0.5, 0.6) is 0 Å². The van der Waals surface area contributed by atoms with Gasteiger partial charge in [-0.3, -0.25) is 29.2 Å². The summed E-state index contributed by atoms with van der Waals surface area (Å²) in [6.45, 7) is 5.61. The summed E-state index contributed by atoms with van der Waals surface area (Å²) in [5.41, 5.74) is 0.0943. The SMILES string of the molecule is CC(=O)N1CCC(N(C)[C@H]2C[C@H]3C(=O)NC4(CCN(Cc5ccncc5F)CC4)CC(=O)N3C2)CC1. The first-order valence-corrected chi connectivity index (χ1v) is 13.1. The summed E-state index contributed by atoms with van der Waals surface area (Å²) in [4.78, 5) is 50.4. The monoisotopic (exact) mass is 500 g/mol. The molecule has 5 rings (SSSR count). The molecule has 4 fully saturated rings. The summed E-state index contributed by atoms with van der Waals surface area (Å²) in [7, 11) is 2.09. The van der Waals surface area contributed by atoms with Crippen molar-refractivity contribution in [1.82, 2.24) is 29.9 Å². The molecule has 9 nitrogen and oxygen atoms in total. The Morgan fingerprint density at radius 1 is 1.19 bits per heavy atom. The molecule has 0 saturated carbocycles. The number of hydrogen-bond donors (Lipinski definition) is 1. The predicted molar refractivity (Wildman–Crippen MR) is 131 cm³/mol. The highest BCUT2D eigenvalue weighted by Gasteiger charge is 2.50. The fourth-order valence-electron chi connectivity index (χ4n) is 6.51. The Morgan fingerprint density at radius 3 is 2.58 bits per heavy atom. The molecule has 1 N–H and O–H groups in total. The number of aromatic nitrogens is 1. The second kappa shape index (κ2) is 10.0. The van der Waals surface area contributed by atoms with Gasteiger partial charge in [0.25, 0.3) is 0 Å². The standard InChI is InChI=1S/C26H37FN6O3/c1-18(34)32-9-4-20(5-10-32)30(2)21-13-23-25(36)29-26(14-24(35)33(23)17-21)6-11-31(12-7-26)16-19-3-8-28-15-22(19)27/h3,8,15,20-21,23H,4-7,9-14,16-17H2,1-2H3,(H,29,36)/t21-,23-/m0/s1. The number of carbonyl (C=O) groups excluding carboxylic acids is 3.